The highest BCUT2D eigenvalue weighted by Gasteiger charge is 2.66. The van der Waals surface area contributed by atoms with Gasteiger partial charge in [-0.05, 0) is 140 Å². The minimum Gasteiger partial charge on any atom is -0.462 e. The fourth-order valence-corrected chi connectivity index (χ4v) is 11.2. The van der Waals surface area contributed by atoms with Gasteiger partial charge in [-0.2, -0.15) is 5.10 Å². The predicted octanol–water partition coefficient (Wildman–Crippen LogP) is 9.60. The number of likely N-dealkylation sites (N-methyl/N-ethyl adjacent to an activating group) is 1. The number of rotatable bonds is 11. The molecule has 8 rings (SSSR count). The minimum atomic E-state index is -0.748. The van der Waals surface area contributed by atoms with Crippen molar-refractivity contribution in [2.45, 2.75) is 131 Å². The highest BCUT2D eigenvalue weighted by molar-refractivity contribution is 6.04. The molecule has 316 valence electrons. The minimum absolute atomic E-state index is 0.0349. The molecule has 2 unspecified atom stereocenters. The second kappa shape index (κ2) is 15.0. The zero-order chi connectivity index (χ0) is 42.8. The lowest BCUT2D eigenvalue weighted by Gasteiger charge is -2.69. The summed E-state index contributed by atoms with van der Waals surface area (Å²) in [6.07, 6.45) is 9.38. The van der Waals surface area contributed by atoms with E-state index in [-0.39, 0.29) is 40.2 Å². The average Bonchev–Trinajstić information content (AvgIpc) is 3.46. The van der Waals surface area contributed by atoms with Gasteiger partial charge in [0.1, 0.15) is 11.2 Å². The van der Waals surface area contributed by atoms with Crippen LogP contribution in [-0.4, -0.2) is 86.3 Å². The number of amides is 1. The monoisotopic (exact) mass is 807 g/mol. The number of hydrogen-bond acceptors (Lipinski definition) is 10. The number of carbonyl (C=O) groups excluding carboxylic acids is 3. The van der Waals surface area contributed by atoms with Crippen molar-refractivity contribution in [3.05, 3.63) is 65.7 Å². The van der Waals surface area contributed by atoms with Crippen molar-refractivity contribution in [2.75, 3.05) is 26.8 Å². The number of aromatic nitrogens is 4. The van der Waals surface area contributed by atoms with Crippen molar-refractivity contribution in [1.29, 1.82) is 0 Å². The summed E-state index contributed by atoms with van der Waals surface area (Å²) in [5, 5.41) is 5.63. The summed E-state index contributed by atoms with van der Waals surface area (Å²) >= 11 is 0. The number of pyridine rings is 2. The zero-order valence-electron chi connectivity index (χ0n) is 36.8. The first-order valence-corrected chi connectivity index (χ1v) is 20.9. The van der Waals surface area contributed by atoms with Gasteiger partial charge < -0.3 is 23.8 Å². The van der Waals surface area contributed by atoms with Crippen LogP contribution >= 0.6 is 0 Å². The van der Waals surface area contributed by atoms with Crippen LogP contribution in [0, 0.1) is 23.2 Å². The summed E-state index contributed by atoms with van der Waals surface area (Å²) in [4.78, 5) is 50.5. The smallest absolute Gasteiger partial charge is 0.410 e. The maximum Gasteiger partial charge on any atom is 0.410 e. The summed E-state index contributed by atoms with van der Waals surface area (Å²) in [5.74, 6) is -0.959. The molecule has 59 heavy (non-hydrogen) atoms. The molecule has 3 heterocycles. The van der Waals surface area contributed by atoms with Crippen LogP contribution < -0.4 is 0 Å². The Morgan fingerprint density at radius 3 is 2.20 bits per heavy atom. The van der Waals surface area contributed by atoms with Crippen molar-refractivity contribution >= 4 is 28.9 Å². The van der Waals surface area contributed by atoms with E-state index in [1.165, 1.54) is 6.42 Å². The first-order valence-electron chi connectivity index (χ1n) is 20.9. The Morgan fingerprint density at radius 1 is 0.847 bits per heavy atom. The van der Waals surface area contributed by atoms with E-state index < -0.39 is 23.1 Å². The molecule has 4 bridgehead atoms. The molecule has 12 nitrogen and oxygen atoms in total. The quantitative estimate of drug-likeness (QED) is 0.107. The van der Waals surface area contributed by atoms with E-state index >= 15 is 0 Å². The molecule has 3 aromatic heterocycles. The van der Waals surface area contributed by atoms with Gasteiger partial charge in [0.15, 0.2) is 5.69 Å². The molecule has 0 aliphatic heterocycles. The van der Waals surface area contributed by atoms with Crippen LogP contribution in [0.2, 0.25) is 0 Å². The van der Waals surface area contributed by atoms with Crippen LogP contribution in [-0.2, 0) is 25.5 Å². The Balaban J connectivity index is 1.18. The van der Waals surface area contributed by atoms with E-state index in [0.29, 0.717) is 40.9 Å². The number of fused-ring (bicyclic) bond motifs is 1. The lowest BCUT2D eigenvalue weighted by molar-refractivity contribution is -0.248. The number of nitrogens with zero attached hydrogens (tertiary/aromatic N) is 5. The van der Waals surface area contributed by atoms with Gasteiger partial charge in [-0.15, -0.1) is 0 Å². The molecule has 4 aliphatic carbocycles. The number of esters is 2. The summed E-state index contributed by atoms with van der Waals surface area (Å²) in [7, 11) is 1.76. The fourth-order valence-electron chi connectivity index (χ4n) is 11.2. The molecule has 1 aromatic carbocycles. The lowest BCUT2D eigenvalue weighted by atomic mass is 9.39. The highest BCUT2D eigenvalue weighted by Crippen LogP contribution is 2.72. The Labute approximate surface area is 348 Å². The molecule has 0 saturated heterocycles. The second-order valence-corrected chi connectivity index (χ2v) is 20.3. The van der Waals surface area contributed by atoms with E-state index in [1.54, 1.807) is 31.1 Å². The first kappa shape index (κ1) is 42.3. The largest absolute Gasteiger partial charge is 0.462 e. The third-order valence-corrected chi connectivity index (χ3v) is 12.1. The predicted molar refractivity (Wildman–Crippen MR) is 226 cm³/mol. The Hall–Kier alpha value is -4.84. The van der Waals surface area contributed by atoms with Crippen LogP contribution in [0.4, 0.5) is 4.79 Å². The van der Waals surface area contributed by atoms with Gasteiger partial charge in [0.05, 0.1) is 41.8 Å². The summed E-state index contributed by atoms with van der Waals surface area (Å²) in [6, 6.07) is 11.0. The van der Waals surface area contributed by atoms with Crippen LogP contribution in [0.1, 0.15) is 127 Å². The van der Waals surface area contributed by atoms with Gasteiger partial charge in [0, 0.05) is 54.1 Å². The molecule has 1 amide bonds. The van der Waals surface area contributed by atoms with Crippen LogP contribution in [0.5, 0.6) is 0 Å². The maximum atomic E-state index is 14.0. The van der Waals surface area contributed by atoms with Crippen molar-refractivity contribution in [3.8, 4) is 22.4 Å². The van der Waals surface area contributed by atoms with E-state index in [2.05, 4.69) is 30.4 Å². The maximum absolute atomic E-state index is 14.0. The van der Waals surface area contributed by atoms with Gasteiger partial charge >= 0.3 is 18.0 Å². The molecule has 0 radical (unpaired) electrons. The van der Waals surface area contributed by atoms with Gasteiger partial charge in [0.2, 0.25) is 0 Å². The molecule has 0 N–H and O–H groups in total. The van der Waals surface area contributed by atoms with Gasteiger partial charge in [-0.25, -0.2) is 19.4 Å². The Kier molecular flexibility index (Phi) is 10.8. The summed E-state index contributed by atoms with van der Waals surface area (Å²) in [6.45, 7) is 21.7. The molecule has 4 saturated carbocycles. The number of benzene rings is 1. The first-order chi connectivity index (χ1) is 27.5. The standard InChI is InChI=1S/C47H61N5O7/c1-12-56-39(53)33-17-18-48-37-15-13-31(21-34(33)37)36-16-14-32(38(50-36)40(54)58-42(3,4)5)35-22-49-52(30(35)2)29-46-24-44(9)23-45(10,25-46)27-47(26-44,28-46)57-20-19-51(11)41(55)59-43(6,7)8/h13-18,21-22H,12,19-20,23-29H2,1-11H3. The molecular weight excluding hydrogens is 747 g/mol. The van der Waals surface area contributed by atoms with Crippen molar-refractivity contribution < 1.29 is 33.3 Å². The summed E-state index contributed by atoms with van der Waals surface area (Å²) in [5.41, 5.74) is 3.56. The fraction of sp³-hybridized carbons (Fsp3) is 0.574. The van der Waals surface area contributed by atoms with E-state index in [9.17, 15) is 14.4 Å². The molecule has 4 aliphatic rings. The van der Waals surface area contributed by atoms with Crippen molar-refractivity contribution in [1.82, 2.24) is 24.6 Å². The normalized spacial score (nSPS) is 24.9. The van der Waals surface area contributed by atoms with Crippen molar-refractivity contribution in [3.63, 3.8) is 0 Å². The van der Waals surface area contributed by atoms with Crippen LogP contribution in [0.15, 0.2) is 48.8 Å². The Morgan fingerprint density at radius 2 is 1.54 bits per heavy atom. The number of carbonyl (C=O) groups is 3. The van der Waals surface area contributed by atoms with Crippen LogP contribution in [0.3, 0.4) is 0 Å². The highest BCUT2D eigenvalue weighted by atomic mass is 16.6. The SMILES string of the molecule is CCOC(=O)c1ccnc2ccc(-c3ccc(-c4cnn(CC56CC7(C)CC(C)(C5)CC(OCCN(C)C(=O)OC(C)(C)C)(C7)C6)c4C)c(C(=O)OC(C)(C)C)n3)cc12. The summed E-state index contributed by atoms with van der Waals surface area (Å²) < 4.78 is 25.9. The second-order valence-electron chi connectivity index (χ2n) is 20.3. The molecule has 2 atom stereocenters. The van der Waals surface area contributed by atoms with E-state index in [0.717, 1.165) is 55.5 Å². The topological polar surface area (TPSA) is 135 Å². The molecule has 4 fully saturated rings. The number of ether oxygens (including phenoxy) is 4. The molecule has 4 aromatic rings. The van der Waals surface area contributed by atoms with Gasteiger partial charge in [-0.1, -0.05) is 19.9 Å². The molecule has 0 spiro atoms. The number of hydrogen-bond donors (Lipinski definition) is 0. The zero-order valence-corrected chi connectivity index (χ0v) is 36.8. The van der Waals surface area contributed by atoms with Crippen molar-refractivity contribution in [2.24, 2.45) is 16.2 Å². The van der Waals surface area contributed by atoms with Gasteiger partial charge in [0.25, 0.3) is 0 Å². The molecular formula is C47H61N5O7. The Bertz CT molecular complexity index is 2270. The third-order valence-electron chi connectivity index (χ3n) is 12.1. The molecule has 12 heteroatoms. The van der Waals surface area contributed by atoms with E-state index in [1.807, 2.05) is 78.1 Å². The average molecular weight is 808 g/mol. The van der Waals surface area contributed by atoms with E-state index in [4.69, 9.17) is 29.0 Å². The van der Waals surface area contributed by atoms with Crippen LogP contribution in [0.25, 0.3) is 33.3 Å². The van der Waals surface area contributed by atoms with Gasteiger partial charge in [-0.3, -0.25) is 9.67 Å². The lowest BCUT2D eigenvalue weighted by Crippen LogP contribution is -2.64. The third kappa shape index (κ3) is 8.88.